The van der Waals surface area contributed by atoms with Crippen molar-refractivity contribution in [3.8, 4) is 11.5 Å². The zero-order valence-corrected chi connectivity index (χ0v) is 19.9. The number of aryl methyl sites for hydroxylation is 1. The molecule has 1 amide bonds. The monoisotopic (exact) mass is 476 g/mol. The van der Waals surface area contributed by atoms with Crippen LogP contribution in [0.4, 0.5) is 0 Å². The fourth-order valence-corrected chi connectivity index (χ4v) is 3.58. The second kappa shape index (κ2) is 11.7. The summed E-state index contributed by atoms with van der Waals surface area (Å²) < 4.78 is 17.7. The molecule has 3 rings (SSSR count). The minimum absolute atomic E-state index is 0.267. The minimum atomic E-state index is -0.649. The Morgan fingerprint density at radius 2 is 1.71 bits per heavy atom. The highest BCUT2D eigenvalue weighted by Gasteiger charge is 2.17. The van der Waals surface area contributed by atoms with Crippen molar-refractivity contribution in [1.29, 1.82) is 0 Å². The maximum atomic E-state index is 12.7. The third kappa shape index (κ3) is 6.83. The number of nitrogens with two attached hydrogens (primary N) is 1. The standard InChI is InChI=1S/C27H28N2O6/c1-18-13-22(19(2)29(18)15-21-7-5-4-6-8-21)23(30)16-35-27(32)12-10-20-9-11-24(25(14-20)33-3)34-17-26(28)31/h4-14H,15-17H2,1-3H3,(H2,28,31)/b12-10+. The molecule has 0 saturated heterocycles. The molecule has 0 atom stereocenters. The first-order valence-corrected chi connectivity index (χ1v) is 11.0. The van der Waals surface area contributed by atoms with Crippen molar-refractivity contribution in [2.75, 3.05) is 20.3 Å². The predicted octanol–water partition coefficient (Wildman–Crippen LogP) is 3.47. The normalized spacial score (nSPS) is 10.8. The summed E-state index contributed by atoms with van der Waals surface area (Å²) in [6.07, 6.45) is 2.75. The Bertz CT molecular complexity index is 1240. The van der Waals surface area contributed by atoms with E-state index in [1.165, 1.54) is 19.3 Å². The fraction of sp³-hybridized carbons (Fsp3) is 0.222. The number of amides is 1. The average molecular weight is 477 g/mol. The number of primary amides is 1. The Labute approximate surface area is 203 Å². The molecular weight excluding hydrogens is 448 g/mol. The van der Waals surface area contributed by atoms with Crippen LogP contribution in [0.3, 0.4) is 0 Å². The molecule has 0 aliphatic carbocycles. The number of carbonyl (C=O) groups is 3. The first kappa shape index (κ1) is 25.3. The molecule has 0 aliphatic rings. The zero-order chi connectivity index (χ0) is 25.4. The summed E-state index contributed by atoms with van der Waals surface area (Å²) in [5, 5.41) is 0. The van der Waals surface area contributed by atoms with E-state index in [0.29, 0.717) is 29.2 Å². The van der Waals surface area contributed by atoms with E-state index in [4.69, 9.17) is 19.9 Å². The fourth-order valence-electron chi connectivity index (χ4n) is 3.58. The molecule has 0 unspecified atom stereocenters. The first-order chi connectivity index (χ1) is 16.8. The number of ketones is 1. The third-order valence-corrected chi connectivity index (χ3v) is 5.37. The van der Waals surface area contributed by atoms with Crippen LogP contribution in [0.2, 0.25) is 0 Å². The second-order valence-corrected chi connectivity index (χ2v) is 7.89. The summed E-state index contributed by atoms with van der Waals surface area (Å²) in [6.45, 7) is 3.85. The Morgan fingerprint density at radius 3 is 2.40 bits per heavy atom. The number of aromatic nitrogens is 1. The maximum absolute atomic E-state index is 12.7. The Morgan fingerprint density at radius 1 is 0.971 bits per heavy atom. The van der Waals surface area contributed by atoms with E-state index < -0.39 is 11.9 Å². The van der Waals surface area contributed by atoms with E-state index in [0.717, 1.165) is 17.0 Å². The van der Waals surface area contributed by atoms with Crippen LogP contribution in [0.5, 0.6) is 11.5 Å². The summed E-state index contributed by atoms with van der Waals surface area (Å²) in [5.74, 6) is -0.794. The van der Waals surface area contributed by atoms with Crippen LogP contribution in [0.1, 0.15) is 32.9 Å². The average Bonchev–Trinajstić information content (AvgIpc) is 3.13. The van der Waals surface area contributed by atoms with Gasteiger partial charge in [-0.2, -0.15) is 0 Å². The SMILES string of the molecule is COc1cc(/C=C/C(=O)OCC(=O)c2cc(C)n(Cc3ccccc3)c2C)ccc1OCC(N)=O. The molecular formula is C27H28N2O6. The highest BCUT2D eigenvalue weighted by molar-refractivity contribution is 6.00. The number of rotatable bonds is 11. The lowest BCUT2D eigenvalue weighted by molar-refractivity contribution is -0.136. The number of carbonyl (C=O) groups excluding carboxylic acids is 3. The van der Waals surface area contributed by atoms with E-state index in [1.807, 2.05) is 50.2 Å². The van der Waals surface area contributed by atoms with Crippen LogP contribution < -0.4 is 15.2 Å². The molecule has 8 heteroatoms. The number of ether oxygens (including phenoxy) is 3. The van der Waals surface area contributed by atoms with Crippen LogP contribution in [-0.4, -0.2) is 42.6 Å². The number of methoxy groups -OCH3 is 1. The molecule has 8 nitrogen and oxygen atoms in total. The molecule has 2 N–H and O–H groups in total. The quantitative estimate of drug-likeness (QED) is 0.258. The lowest BCUT2D eigenvalue weighted by Crippen LogP contribution is -2.20. The van der Waals surface area contributed by atoms with E-state index >= 15 is 0 Å². The van der Waals surface area contributed by atoms with Gasteiger partial charge in [0.15, 0.2) is 24.7 Å². The summed E-state index contributed by atoms with van der Waals surface area (Å²) in [7, 11) is 1.46. The van der Waals surface area contributed by atoms with Gasteiger partial charge in [0.1, 0.15) is 0 Å². The zero-order valence-electron chi connectivity index (χ0n) is 19.9. The third-order valence-electron chi connectivity index (χ3n) is 5.37. The Kier molecular flexibility index (Phi) is 8.45. The van der Waals surface area contributed by atoms with Crippen LogP contribution >= 0.6 is 0 Å². The van der Waals surface area contributed by atoms with E-state index in [2.05, 4.69) is 4.57 Å². The van der Waals surface area contributed by atoms with Crippen molar-refractivity contribution in [1.82, 2.24) is 4.57 Å². The van der Waals surface area contributed by atoms with Gasteiger partial charge in [0.05, 0.1) is 7.11 Å². The van der Waals surface area contributed by atoms with Gasteiger partial charge >= 0.3 is 5.97 Å². The lowest BCUT2D eigenvalue weighted by Gasteiger charge is -2.10. The molecule has 182 valence electrons. The summed E-state index contributed by atoms with van der Waals surface area (Å²) in [6, 6.07) is 16.7. The highest BCUT2D eigenvalue weighted by atomic mass is 16.5. The van der Waals surface area contributed by atoms with Gasteiger partial charge in [-0.3, -0.25) is 9.59 Å². The molecule has 35 heavy (non-hydrogen) atoms. The Hall–Kier alpha value is -4.33. The van der Waals surface area contributed by atoms with Gasteiger partial charge in [0.2, 0.25) is 5.78 Å². The molecule has 0 saturated carbocycles. The van der Waals surface area contributed by atoms with Gasteiger partial charge in [-0.25, -0.2) is 4.79 Å². The van der Waals surface area contributed by atoms with E-state index in [-0.39, 0.29) is 19.0 Å². The number of hydrogen-bond acceptors (Lipinski definition) is 6. The maximum Gasteiger partial charge on any atom is 0.331 e. The van der Waals surface area contributed by atoms with Gasteiger partial charge in [-0.05, 0) is 49.2 Å². The molecule has 1 heterocycles. The molecule has 0 bridgehead atoms. The topological polar surface area (TPSA) is 110 Å². The van der Waals surface area contributed by atoms with Crippen LogP contribution in [0.15, 0.2) is 60.7 Å². The van der Waals surface area contributed by atoms with E-state index in [1.54, 1.807) is 18.2 Å². The van der Waals surface area contributed by atoms with Crippen molar-refractivity contribution >= 4 is 23.7 Å². The molecule has 3 aromatic rings. The van der Waals surface area contributed by atoms with Crippen molar-refractivity contribution in [3.63, 3.8) is 0 Å². The molecule has 0 aliphatic heterocycles. The number of nitrogens with zero attached hydrogens (tertiary/aromatic N) is 1. The summed E-state index contributed by atoms with van der Waals surface area (Å²) >= 11 is 0. The second-order valence-electron chi connectivity index (χ2n) is 7.89. The number of benzene rings is 2. The van der Waals surface area contributed by atoms with Crippen LogP contribution in [-0.2, 0) is 20.9 Å². The van der Waals surface area contributed by atoms with Gasteiger partial charge in [-0.1, -0.05) is 36.4 Å². The number of hydrogen-bond donors (Lipinski definition) is 1. The van der Waals surface area contributed by atoms with Crippen molar-refractivity contribution in [2.24, 2.45) is 5.73 Å². The largest absolute Gasteiger partial charge is 0.493 e. The minimum Gasteiger partial charge on any atom is -0.493 e. The summed E-state index contributed by atoms with van der Waals surface area (Å²) in [5.41, 5.74) is 9.18. The lowest BCUT2D eigenvalue weighted by atomic mass is 10.1. The van der Waals surface area contributed by atoms with Crippen molar-refractivity contribution in [2.45, 2.75) is 20.4 Å². The molecule has 2 aromatic carbocycles. The van der Waals surface area contributed by atoms with Gasteiger partial charge < -0.3 is 24.5 Å². The van der Waals surface area contributed by atoms with Crippen LogP contribution in [0.25, 0.3) is 6.08 Å². The van der Waals surface area contributed by atoms with Crippen LogP contribution in [0, 0.1) is 13.8 Å². The first-order valence-electron chi connectivity index (χ1n) is 11.0. The van der Waals surface area contributed by atoms with Gasteiger partial charge in [0.25, 0.3) is 5.91 Å². The Balaban J connectivity index is 1.59. The summed E-state index contributed by atoms with van der Waals surface area (Å²) in [4.78, 5) is 35.8. The van der Waals surface area contributed by atoms with Crippen molar-refractivity contribution < 1.29 is 28.6 Å². The van der Waals surface area contributed by atoms with Gasteiger partial charge in [-0.15, -0.1) is 0 Å². The molecule has 0 spiro atoms. The predicted molar refractivity (Wildman–Crippen MR) is 131 cm³/mol. The van der Waals surface area contributed by atoms with Crippen molar-refractivity contribution in [3.05, 3.63) is 88.8 Å². The van der Waals surface area contributed by atoms with Gasteiger partial charge in [0, 0.05) is 29.6 Å². The molecule has 0 fully saturated rings. The smallest absolute Gasteiger partial charge is 0.331 e. The number of Topliss-reactive ketones (excluding diaryl/α,β-unsaturated/α-hetero) is 1. The van der Waals surface area contributed by atoms with E-state index in [9.17, 15) is 14.4 Å². The highest BCUT2D eigenvalue weighted by Crippen LogP contribution is 2.28. The molecule has 0 radical (unpaired) electrons. The molecule has 1 aromatic heterocycles. The number of esters is 1.